The molecule has 0 aliphatic heterocycles. The van der Waals surface area contributed by atoms with Gasteiger partial charge in [-0.2, -0.15) is 0 Å². The molecular weight excluding hydrogens is 339 g/mol. The van der Waals surface area contributed by atoms with Crippen molar-refractivity contribution in [2.24, 2.45) is 0 Å². The summed E-state index contributed by atoms with van der Waals surface area (Å²) in [5.41, 5.74) is 3.26. The van der Waals surface area contributed by atoms with Gasteiger partial charge in [0, 0.05) is 11.3 Å². The molecule has 22 heavy (non-hydrogen) atoms. The van der Waals surface area contributed by atoms with Gasteiger partial charge in [0.2, 0.25) is 0 Å². The molecule has 0 aliphatic carbocycles. The summed E-state index contributed by atoms with van der Waals surface area (Å²) in [7, 11) is 0. The Morgan fingerprint density at radius 2 is 1.64 bits per heavy atom. The molecule has 2 N–H and O–H groups in total. The number of benzene rings is 2. The molecule has 0 atom stereocenters. The Bertz CT molecular complexity index is 727. The van der Waals surface area contributed by atoms with Crippen LogP contribution in [-0.2, 0) is 0 Å². The molecule has 0 saturated carbocycles. The number of thiocarbonyl (C=S) groups is 1. The van der Waals surface area contributed by atoms with Crippen LogP contribution in [0.3, 0.4) is 0 Å². The maximum Gasteiger partial charge on any atom is 0.257 e. The zero-order chi connectivity index (χ0) is 16.3. The summed E-state index contributed by atoms with van der Waals surface area (Å²) in [5, 5.41) is 6.60. The van der Waals surface area contributed by atoms with Crippen LogP contribution in [0.15, 0.2) is 36.4 Å². The van der Waals surface area contributed by atoms with Gasteiger partial charge >= 0.3 is 0 Å². The number of hydrogen-bond donors (Lipinski definition) is 2. The predicted molar refractivity (Wildman–Crippen MR) is 96.1 cm³/mol. The highest BCUT2D eigenvalue weighted by atomic mass is 35.5. The van der Waals surface area contributed by atoms with Crippen LogP contribution in [0.25, 0.3) is 0 Å². The number of anilines is 1. The van der Waals surface area contributed by atoms with E-state index >= 15 is 0 Å². The Hall–Kier alpha value is -1.62. The zero-order valence-electron chi connectivity index (χ0n) is 12.0. The molecule has 114 valence electrons. The number of halogens is 2. The van der Waals surface area contributed by atoms with E-state index in [9.17, 15) is 4.79 Å². The lowest BCUT2D eigenvalue weighted by Crippen LogP contribution is -2.34. The molecule has 1 amide bonds. The van der Waals surface area contributed by atoms with Gasteiger partial charge in [0.05, 0.1) is 10.0 Å². The molecule has 0 spiro atoms. The normalized spacial score (nSPS) is 10.2. The van der Waals surface area contributed by atoms with Gasteiger partial charge in [-0.1, -0.05) is 40.4 Å². The molecule has 0 fully saturated rings. The van der Waals surface area contributed by atoms with E-state index in [0.29, 0.717) is 21.3 Å². The molecule has 0 radical (unpaired) electrons. The van der Waals surface area contributed by atoms with Crippen LogP contribution in [0.4, 0.5) is 5.69 Å². The van der Waals surface area contributed by atoms with Crippen LogP contribution in [0.5, 0.6) is 0 Å². The Balaban J connectivity index is 2.04. The molecule has 3 nitrogen and oxygen atoms in total. The lowest BCUT2D eigenvalue weighted by atomic mass is 10.1. The van der Waals surface area contributed by atoms with Crippen molar-refractivity contribution in [2.45, 2.75) is 13.8 Å². The second-order valence-corrected chi connectivity index (χ2v) is 6.14. The van der Waals surface area contributed by atoms with E-state index in [2.05, 4.69) is 10.6 Å². The number of hydrogen-bond acceptors (Lipinski definition) is 2. The Morgan fingerprint density at radius 3 is 2.23 bits per heavy atom. The maximum atomic E-state index is 12.2. The van der Waals surface area contributed by atoms with Gasteiger partial charge in [-0.05, 0) is 56.4 Å². The third-order valence-corrected chi connectivity index (χ3v) is 3.83. The van der Waals surface area contributed by atoms with Crippen molar-refractivity contribution in [3.63, 3.8) is 0 Å². The first-order valence-corrected chi connectivity index (χ1v) is 7.67. The fourth-order valence-corrected chi connectivity index (χ4v) is 2.53. The summed E-state index contributed by atoms with van der Waals surface area (Å²) in [5.74, 6) is -0.260. The van der Waals surface area contributed by atoms with E-state index in [1.54, 1.807) is 18.2 Å². The molecule has 6 heteroatoms. The first-order valence-electron chi connectivity index (χ1n) is 6.51. The Morgan fingerprint density at radius 1 is 1.00 bits per heavy atom. The third-order valence-electron chi connectivity index (χ3n) is 2.89. The zero-order valence-corrected chi connectivity index (χ0v) is 14.4. The molecule has 0 aromatic heterocycles. The smallest absolute Gasteiger partial charge is 0.257 e. The summed E-state index contributed by atoms with van der Waals surface area (Å²) in [4.78, 5) is 12.2. The fourth-order valence-electron chi connectivity index (χ4n) is 2.02. The SMILES string of the molecule is Cc1cc(C)cc(C(=O)NC(=S)Nc2ccc(Cl)c(Cl)c2)c1. The molecule has 0 unspecified atom stereocenters. The monoisotopic (exact) mass is 352 g/mol. The van der Waals surface area contributed by atoms with Crippen LogP contribution in [0, 0.1) is 13.8 Å². The standard InChI is InChI=1S/C16H14Cl2N2OS/c1-9-5-10(2)7-11(6-9)15(21)20-16(22)19-12-3-4-13(17)14(18)8-12/h3-8H,1-2H3,(H2,19,20,21,22). The minimum Gasteiger partial charge on any atom is -0.332 e. The predicted octanol–water partition coefficient (Wildman–Crippen LogP) is 4.74. The van der Waals surface area contributed by atoms with E-state index in [-0.39, 0.29) is 11.0 Å². The van der Waals surface area contributed by atoms with Crippen LogP contribution < -0.4 is 10.6 Å². The van der Waals surface area contributed by atoms with Crippen molar-refractivity contribution in [1.82, 2.24) is 5.32 Å². The average Bonchev–Trinajstić information content (AvgIpc) is 2.41. The third kappa shape index (κ3) is 4.44. The summed E-state index contributed by atoms with van der Waals surface area (Å²) >= 11 is 16.9. The largest absolute Gasteiger partial charge is 0.332 e. The molecule has 2 aromatic carbocycles. The van der Waals surface area contributed by atoms with Crippen LogP contribution in [0.1, 0.15) is 21.5 Å². The summed E-state index contributed by atoms with van der Waals surface area (Å²) in [6.45, 7) is 3.88. The number of aryl methyl sites for hydroxylation is 2. The quantitative estimate of drug-likeness (QED) is 0.767. The van der Waals surface area contributed by atoms with Crippen molar-refractivity contribution in [1.29, 1.82) is 0 Å². The van der Waals surface area contributed by atoms with Crippen LogP contribution in [-0.4, -0.2) is 11.0 Å². The first kappa shape index (κ1) is 16.7. The Labute approximate surface area is 144 Å². The van der Waals surface area contributed by atoms with Crippen molar-refractivity contribution in [3.8, 4) is 0 Å². The topological polar surface area (TPSA) is 41.1 Å². The van der Waals surface area contributed by atoms with E-state index in [0.717, 1.165) is 11.1 Å². The van der Waals surface area contributed by atoms with Gasteiger partial charge in [0.1, 0.15) is 0 Å². The number of amides is 1. The van der Waals surface area contributed by atoms with Crippen molar-refractivity contribution in [3.05, 3.63) is 63.1 Å². The summed E-state index contributed by atoms with van der Waals surface area (Å²) in [6.07, 6.45) is 0. The van der Waals surface area contributed by atoms with Crippen molar-refractivity contribution >= 4 is 52.1 Å². The average molecular weight is 353 g/mol. The number of carbonyl (C=O) groups excluding carboxylic acids is 1. The minimum atomic E-state index is -0.260. The highest BCUT2D eigenvalue weighted by Crippen LogP contribution is 2.24. The minimum absolute atomic E-state index is 0.197. The van der Waals surface area contributed by atoms with Crippen molar-refractivity contribution in [2.75, 3.05) is 5.32 Å². The lowest BCUT2D eigenvalue weighted by Gasteiger charge is -2.11. The first-order chi connectivity index (χ1) is 10.3. The number of rotatable bonds is 2. The van der Waals surface area contributed by atoms with E-state index < -0.39 is 0 Å². The number of nitrogens with one attached hydrogen (secondary N) is 2. The van der Waals surface area contributed by atoms with E-state index in [1.807, 2.05) is 32.0 Å². The fraction of sp³-hybridized carbons (Fsp3) is 0.125. The summed E-state index contributed by atoms with van der Waals surface area (Å²) < 4.78 is 0. The van der Waals surface area contributed by atoms with E-state index in [1.165, 1.54) is 0 Å². The second kappa shape index (κ2) is 7.09. The van der Waals surface area contributed by atoms with E-state index in [4.69, 9.17) is 35.4 Å². The molecule has 0 aliphatic rings. The second-order valence-electron chi connectivity index (χ2n) is 4.91. The molecule has 0 bridgehead atoms. The molecule has 2 aromatic rings. The van der Waals surface area contributed by atoms with Gasteiger partial charge in [0.15, 0.2) is 5.11 Å². The van der Waals surface area contributed by atoms with Crippen LogP contribution >= 0.6 is 35.4 Å². The van der Waals surface area contributed by atoms with Gasteiger partial charge in [-0.3, -0.25) is 10.1 Å². The summed E-state index contributed by atoms with van der Waals surface area (Å²) in [6, 6.07) is 10.6. The van der Waals surface area contributed by atoms with Crippen molar-refractivity contribution < 1.29 is 4.79 Å². The lowest BCUT2D eigenvalue weighted by molar-refractivity contribution is 0.0977. The van der Waals surface area contributed by atoms with Gasteiger partial charge in [-0.15, -0.1) is 0 Å². The molecule has 0 saturated heterocycles. The van der Waals surface area contributed by atoms with Gasteiger partial charge < -0.3 is 5.32 Å². The highest BCUT2D eigenvalue weighted by Gasteiger charge is 2.09. The highest BCUT2D eigenvalue weighted by molar-refractivity contribution is 7.80. The van der Waals surface area contributed by atoms with Gasteiger partial charge in [0.25, 0.3) is 5.91 Å². The van der Waals surface area contributed by atoms with Crippen LogP contribution in [0.2, 0.25) is 10.0 Å². The molecule has 0 heterocycles. The van der Waals surface area contributed by atoms with Gasteiger partial charge in [-0.25, -0.2) is 0 Å². The Kier molecular flexibility index (Phi) is 5.40. The molecular formula is C16H14Cl2N2OS. The molecule has 2 rings (SSSR count). The maximum absolute atomic E-state index is 12.2. The number of carbonyl (C=O) groups is 1.